The van der Waals surface area contributed by atoms with E-state index in [0.29, 0.717) is 23.7 Å². The molecule has 0 radical (unpaired) electrons. The standard InChI is InChI=1S/C44H41N3/c1-30-13-7-12-20-41(30)39-27-38(31-14-5-4-6-15-31)28-40(29-39)43-45-42(36-23-21-32-16-8-10-18-34(32)25-36)46(2)44(47(43)3)37-24-22-33-17-9-11-19-35(33)26-37/h4-30,32,34,41,43-44H,1-3H3. The van der Waals surface area contributed by atoms with Crippen molar-refractivity contribution in [3.05, 3.63) is 180 Å². The van der Waals surface area contributed by atoms with Crippen LogP contribution in [-0.2, 0) is 0 Å². The van der Waals surface area contributed by atoms with E-state index in [0.717, 1.165) is 5.84 Å². The predicted octanol–water partition coefficient (Wildman–Crippen LogP) is 10.2. The highest BCUT2D eigenvalue weighted by Crippen LogP contribution is 2.42. The Balaban J connectivity index is 1.29. The average Bonchev–Trinajstić information content (AvgIpc) is 3.12. The highest BCUT2D eigenvalue weighted by atomic mass is 15.4. The van der Waals surface area contributed by atoms with Gasteiger partial charge in [-0.15, -0.1) is 0 Å². The van der Waals surface area contributed by atoms with Gasteiger partial charge in [-0.25, -0.2) is 4.99 Å². The van der Waals surface area contributed by atoms with Crippen molar-refractivity contribution in [2.24, 2.45) is 22.7 Å². The maximum atomic E-state index is 5.63. The molecule has 1 aliphatic heterocycles. The van der Waals surface area contributed by atoms with E-state index in [4.69, 9.17) is 4.99 Å². The molecule has 3 aliphatic carbocycles. The molecule has 0 fully saturated rings. The van der Waals surface area contributed by atoms with E-state index in [1.807, 2.05) is 0 Å². The highest BCUT2D eigenvalue weighted by Gasteiger charge is 2.37. The summed E-state index contributed by atoms with van der Waals surface area (Å²) in [4.78, 5) is 10.4. The molecule has 0 aromatic heterocycles. The van der Waals surface area contributed by atoms with E-state index in [1.165, 1.54) is 44.2 Å². The topological polar surface area (TPSA) is 18.8 Å². The molecule has 6 atom stereocenters. The van der Waals surface area contributed by atoms with Crippen LogP contribution in [0.1, 0.15) is 41.9 Å². The number of aliphatic imine (C=N–C) groups is 1. The number of hydrogen-bond acceptors (Lipinski definition) is 3. The number of benzene rings is 4. The smallest absolute Gasteiger partial charge is 0.133 e. The number of allylic oxidation sites excluding steroid dienone is 10. The van der Waals surface area contributed by atoms with Gasteiger partial charge in [-0.2, -0.15) is 0 Å². The van der Waals surface area contributed by atoms with Gasteiger partial charge in [-0.05, 0) is 63.7 Å². The van der Waals surface area contributed by atoms with Gasteiger partial charge >= 0.3 is 0 Å². The molecule has 0 amide bonds. The molecular weight excluding hydrogens is 571 g/mol. The normalized spacial score (nSPS) is 26.7. The Morgan fingerprint density at radius 3 is 2.15 bits per heavy atom. The first kappa shape index (κ1) is 29.4. The summed E-state index contributed by atoms with van der Waals surface area (Å²) in [7, 11) is 4.44. The van der Waals surface area contributed by atoms with Gasteiger partial charge in [0.05, 0.1) is 0 Å². The maximum Gasteiger partial charge on any atom is 0.133 e. The Kier molecular flexibility index (Phi) is 7.71. The fourth-order valence-corrected chi connectivity index (χ4v) is 7.81. The second kappa shape index (κ2) is 12.3. The van der Waals surface area contributed by atoms with Crippen molar-refractivity contribution in [2.75, 3.05) is 14.1 Å². The third kappa shape index (κ3) is 5.55. The zero-order valence-electron chi connectivity index (χ0n) is 27.3. The summed E-state index contributed by atoms with van der Waals surface area (Å²) in [5, 5.41) is 2.51. The lowest BCUT2D eigenvalue weighted by Gasteiger charge is -2.45. The van der Waals surface area contributed by atoms with Crippen molar-refractivity contribution in [3.63, 3.8) is 0 Å². The monoisotopic (exact) mass is 611 g/mol. The van der Waals surface area contributed by atoms with E-state index >= 15 is 0 Å². The molecule has 0 saturated heterocycles. The quantitative estimate of drug-likeness (QED) is 0.224. The SMILES string of the molecule is CC1C=CC=CC1c1cc(-c2ccccc2)cc(C2N=C(C3=CC4C=CC=CC4C=C3)N(C)C(c3ccc4ccccc4c3)N2C)c1. The summed E-state index contributed by atoms with van der Waals surface area (Å²) in [5.41, 5.74) is 7.46. The largest absolute Gasteiger partial charge is 0.339 e. The Hall–Kier alpha value is -4.99. The maximum absolute atomic E-state index is 5.63. The third-order valence-electron chi connectivity index (χ3n) is 10.3. The number of hydrogen-bond donors (Lipinski definition) is 0. The molecular formula is C44H41N3. The molecule has 4 aromatic rings. The van der Waals surface area contributed by atoms with E-state index in [9.17, 15) is 0 Å². The Bertz CT molecular complexity index is 2020. The van der Waals surface area contributed by atoms with Crippen LogP contribution < -0.4 is 0 Å². The minimum Gasteiger partial charge on any atom is -0.339 e. The molecule has 4 aliphatic rings. The van der Waals surface area contributed by atoms with Crippen LogP contribution in [0.25, 0.3) is 21.9 Å². The van der Waals surface area contributed by atoms with Crippen LogP contribution in [0.15, 0.2) is 168 Å². The molecule has 0 spiro atoms. The summed E-state index contributed by atoms with van der Waals surface area (Å²) in [6.07, 6.45) is 24.8. The Morgan fingerprint density at radius 2 is 1.32 bits per heavy atom. The van der Waals surface area contributed by atoms with Crippen molar-refractivity contribution >= 4 is 16.6 Å². The summed E-state index contributed by atoms with van der Waals surface area (Å²) in [5.74, 6) is 2.50. The van der Waals surface area contributed by atoms with Gasteiger partial charge in [0.15, 0.2) is 0 Å². The molecule has 3 nitrogen and oxygen atoms in total. The zero-order valence-corrected chi connectivity index (χ0v) is 27.3. The summed E-state index contributed by atoms with van der Waals surface area (Å²) in [6.45, 7) is 2.32. The Morgan fingerprint density at radius 1 is 0.596 bits per heavy atom. The van der Waals surface area contributed by atoms with Crippen LogP contribution in [0.4, 0.5) is 0 Å². The van der Waals surface area contributed by atoms with Crippen LogP contribution in [0, 0.1) is 17.8 Å². The molecule has 0 bridgehead atoms. The minimum atomic E-state index is -0.174. The van der Waals surface area contributed by atoms with E-state index in [2.05, 4.69) is 189 Å². The molecule has 6 unspecified atom stereocenters. The van der Waals surface area contributed by atoms with Crippen LogP contribution >= 0.6 is 0 Å². The predicted molar refractivity (Wildman–Crippen MR) is 197 cm³/mol. The van der Waals surface area contributed by atoms with Crippen LogP contribution in [0.5, 0.6) is 0 Å². The van der Waals surface area contributed by atoms with Crippen LogP contribution in [0.3, 0.4) is 0 Å². The number of likely N-dealkylation sites (N-methyl/N-ethyl adjacent to an activating group) is 1. The summed E-state index contributed by atoms with van der Waals surface area (Å²) >= 11 is 0. The summed E-state index contributed by atoms with van der Waals surface area (Å²) < 4.78 is 0. The first-order valence-corrected chi connectivity index (χ1v) is 16.9. The van der Waals surface area contributed by atoms with Crippen LogP contribution in [-0.4, -0.2) is 29.7 Å². The molecule has 0 saturated carbocycles. The summed E-state index contributed by atoms with van der Waals surface area (Å²) in [6, 6.07) is 33.5. The van der Waals surface area contributed by atoms with Gasteiger partial charge < -0.3 is 4.90 Å². The van der Waals surface area contributed by atoms with Crippen molar-refractivity contribution in [3.8, 4) is 11.1 Å². The molecule has 1 heterocycles. The Labute approximate surface area is 279 Å². The lowest BCUT2D eigenvalue weighted by Crippen LogP contribution is -2.47. The number of fused-ring (bicyclic) bond motifs is 2. The van der Waals surface area contributed by atoms with Gasteiger partial charge in [-0.1, -0.05) is 153 Å². The van der Waals surface area contributed by atoms with Gasteiger partial charge in [0.1, 0.15) is 18.2 Å². The lowest BCUT2D eigenvalue weighted by atomic mass is 9.82. The molecule has 0 N–H and O–H groups in total. The van der Waals surface area contributed by atoms with E-state index in [1.54, 1.807) is 0 Å². The molecule has 4 aromatic carbocycles. The second-order valence-electron chi connectivity index (χ2n) is 13.4. The molecule has 8 rings (SSSR count). The first-order valence-electron chi connectivity index (χ1n) is 16.9. The van der Waals surface area contributed by atoms with Crippen molar-refractivity contribution in [2.45, 2.75) is 25.2 Å². The fourth-order valence-electron chi connectivity index (χ4n) is 7.81. The van der Waals surface area contributed by atoms with Gasteiger partial charge in [-0.3, -0.25) is 4.90 Å². The highest BCUT2D eigenvalue weighted by molar-refractivity contribution is 6.02. The molecule has 47 heavy (non-hydrogen) atoms. The average molecular weight is 612 g/mol. The molecule has 232 valence electrons. The van der Waals surface area contributed by atoms with Crippen molar-refractivity contribution < 1.29 is 0 Å². The first-order chi connectivity index (χ1) is 23.0. The van der Waals surface area contributed by atoms with Crippen LogP contribution in [0.2, 0.25) is 0 Å². The van der Waals surface area contributed by atoms with Crippen molar-refractivity contribution in [1.29, 1.82) is 0 Å². The van der Waals surface area contributed by atoms with Gasteiger partial charge in [0.2, 0.25) is 0 Å². The van der Waals surface area contributed by atoms with Gasteiger partial charge in [0, 0.05) is 30.4 Å². The second-order valence-corrected chi connectivity index (χ2v) is 13.4. The third-order valence-corrected chi connectivity index (χ3v) is 10.3. The molecule has 3 heteroatoms. The zero-order chi connectivity index (χ0) is 31.9. The minimum absolute atomic E-state index is 0.00816. The van der Waals surface area contributed by atoms with Crippen molar-refractivity contribution in [1.82, 2.24) is 9.80 Å². The fraction of sp³-hybridized carbons (Fsp3) is 0.205. The van der Waals surface area contributed by atoms with E-state index < -0.39 is 0 Å². The lowest BCUT2D eigenvalue weighted by molar-refractivity contribution is 0.0744. The van der Waals surface area contributed by atoms with E-state index in [-0.39, 0.29) is 12.3 Å². The number of nitrogens with zero attached hydrogens (tertiary/aromatic N) is 3. The van der Waals surface area contributed by atoms with Gasteiger partial charge in [0.25, 0.3) is 0 Å². The number of amidine groups is 1. The number of rotatable bonds is 5.